The summed E-state index contributed by atoms with van der Waals surface area (Å²) in [6, 6.07) is 0.603. The molecule has 1 aliphatic heterocycles. The summed E-state index contributed by atoms with van der Waals surface area (Å²) < 4.78 is 13.2. The molecule has 1 N–H and O–H groups in total. The largest absolute Gasteiger partial charge is 0.493 e. The molecule has 0 aromatic carbocycles. The smallest absolute Gasteiger partial charge is 0.161 e. The number of hydrogen-bond donors (Lipinski definition) is 1. The van der Waals surface area contributed by atoms with E-state index in [-0.39, 0.29) is 6.04 Å². The van der Waals surface area contributed by atoms with Crippen molar-refractivity contribution in [2.75, 3.05) is 26.9 Å². The molecule has 1 fully saturated rings. The highest BCUT2D eigenvalue weighted by Gasteiger charge is 2.27. The summed E-state index contributed by atoms with van der Waals surface area (Å²) in [6.45, 7) is 9.29. The minimum atomic E-state index is 0.275. The predicted molar refractivity (Wildman–Crippen MR) is 83.7 cm³/mol. The van der Waals surface area contributed by atoms with E-state index in [4.69, 9.17) is 9.47 Å². The second-order valence-electron chi connectivity index (χ2n) is 6.11. The van der Waals surface area contributed by atoms with E-state index in [0.29, 0.717) is 12.0 Å². The highest BCUT2D eigenvalue weighted by Crippen LogP contribution is 2.33. The molecule has 2 heterocycles. The molecule has 2 atom stereocenters. The fraction of sp³-hybridized carbons (Fsp3) is 0.812. The Bertz CT molecular complexity index is 425. The molecule has 2 rings (SSSR count). The molecule has 0 amide bonds. The number of nitrogens with zero attached hydrogens (tertiary/aromatic N) is 2. The fourth-order valence-electron chi connectivity index (χ4n) is 2.97. The maximum Gasteiger partial charge on any atom is 0.161 e. The Kier molecular flexibility index (Phi) is 6.06. The quantitative estimate of drug-likeness (QED) is 0.801. The molecule has 0 aliphatic carbocycles. The topological polar surface area (TPSA) is 48.3 Å². The van der Waals surface area contributed by atoms with E-state index >= 15 is 0 Å². The average Bonchev–Trinajstić information content (AvgIpc) is 3.11. The summed E-state index contributed by atoms with van der Waals surface area (Å²) in [4.78, 5) is 0. The molecule has 0 saturated carbocycles. The van der Waals surface area contributed by atoms with Gasteiger partial charge < -0.3 is 14.8 Å². The van der Waals surface area contributed by atoms with Gasteiger partial charge in [0.25, 0.3) is 0 Å². The lowest BCUT2D eigenvalue weighted by Gasteiger charge is -2.24. The van der Waals surface area contributed by atoms with E-state index in [2.05, 4.69) is 35.9 Å². The van der Waals surface area contributed by atoms with Gasteiger partial charge in [0.2, 0.25) is 0 Å². The van der Waals surface area contributed by atoms with Crippen LogP contribution in [0.15, 0.2) is 6.20 Å². The summed E-state index contributed by atoms with van der Waals surface area (Å²) in [5, 5.41) is 8.18. The van der Waals surface area contributed by atoms with Crippen LogP contribution in [0.2, 0.25) is 0 Å². The number of methoxy groups -OCH3 is 1. The van der Waals surface area contributed by atoms with Crippen molar-refractivity contribution in [1.29, 1.82) is 0 Å². The molecule has 0 radical (unpaired) electrons. The molecule has 0 bridgehead atoms. The molecule has 1 aromatic rings. The van der Waals surface area contributed by atoms with Crippen molar-refractivity contribution in [3.8, 4) is 5.75 Å². The van der Waals surface area contributed by atoms with Crippen LogP contribution < -0.4 is 10.1 Å². The first-order valence-electron chi connectivity index (χ1n) is 8.09. The third-order valence-electron chi connectivity index (χ3n) is 4.07. The molecule has 21 heavy (non-hydrogen) atoms. The lowest BCUT2D eigenvalue weighted by molar-refractivity contribution is 0.180. The van der Waals surface area contributed by atoms with Crippen LogP contribution in [0.3, 0.4) is 0 Å². The summed E-state index contributed by atoms with van der Waals surface area (Å²) in [5.41, 5.74) is 1.17. The van der Waals surface area contributed by atoms with Crippen LogP contribution in [0.25, 0.3) is 0 Å². The van der Waals surface area contributed by atoms with Crippen molar-refractivity contribution in [3.63, 3.8) is 0 Å². The first kappa shape index (κ1) is 16.3. The number of rotatable bonds is 8. The van der Waals surface area contributed by atoms with Crippen LogP contribution in [-0.2, 0) is 4.74 Å². The van der Waals surface area contributed by atoms with Gasteiger partial charge in [0.15, 0.2) is 5.75 Å². The van der Waals surface area contributed by atoms with E-state index < -0.39 is 0 Å². The lowest BCUT2D eigenvalue weighted by Crippen LogP contribution is -2.28. The Hall–Kier alpha value is -1.07. The second-order valence-corrected chi connectivity index (χ2v) is 6.11. The van der Waals surface area contributed by atoms with E-state index in [1.165, 1.54) is 5.69 Å². The Labute approximate surface area is 128 Å². The second kappa shape index (κ2) is 7.80. The molecule has 120 valence electrons. The molecular formula is C16H29N3O2. The van der Waals surface area contributed by atoms with Crippen molar-refractivity contribution < 1.29 is 9.47 Å². The summed E-state index contributed by atoms with van der Waals surface area (Å²) in [7, 11) is 1.72. The zero-order chi connectivity index (χ0) is 15.2. The molecule has 1 aliphatic rings. The number of aromatic nitrogens is 2. The van der Waals surface area contributed by atoms with Gasteiger partial charge in [0.05, 0.1) is 25.0 Å². The summed E-state index contributed by atoms with van der Waals surface area (Å²) >= 11 is 0. The minimum absolute atomic E-state index is 0.275. The Balaban J connectivity index is 2.23. The van der Waals surface area contributed by atoms with Gasteiger partial charge >= 0.3 is 0 Å². The molecule has 1 aromatic heterocycles. The van der Waals surface area contributed by atoms with Crippen LogP contribution in [0.5, 0.6) is 5.75 Å². The van der Waals surface area contributed by atoms with Crippen molar-refractivity contribution in [3.05, 3.63) is 11.9 Å². The maximum atomic E-state index is 5.55. The first-order valence-corrected chi connectivity index (χ1v) is 8.09. The summed E-state index contributed by atoms with van der Waals surface area (Å²) in [6.07, 6.45) is 5.19. The third-order valence-corrected chi connectivity index (χ3v) is 4.07. The zero-order valence-corrected chi connectivity index (χ0v) is 13.8. The minimum Gasteiger partial charge on any atom is -0.493 e. The van der Waals surface area contributed by atoms with Gasteiger partial charge in [-0.15, -0.1) is 0 Å². The normalized spacial score (nSPS) is 20.1. The van der Waals surface area contributed by atoms with Crippen LogP contribution in [0.1, 0.15) is 57.8 Å². The summed E-state index contributed by atoms with van der Waals surface area (Å²) in [5.74, 6) is 1.51. The lowest BCUT2D eigenvalue weighted by atomic mass is 9.96. The standard InChI is InChI=1S/C16H29N3O2/c1-5-7-17-14(9-13-6-8-21-11-13)16-15(20-4)10-18-19(16)12(2)3/h10,12-14,17H,5-9,11H2,1-4H3. The average molecular weight is 295 g/mol. The first-order chi connectivity index (χ1) is 10.2. The van der Waals surface area contributed by atoms with Crippen LogP contribution in [0, 0.1) is 5.92 Å². The molecule has 1 saturated heterocycles. The van der Waals surface area contributed by atoms with Crippen LogP contribution in [-0.4, -0.2) is 36.6 Å². The molecular weight excluding hydrogens is 266 g/mol. The van der Waals surface area contributed by atoms with Gasteiger partial charge in [-0.3, -0.25) is 4.68 Å². The SMILES string of the molecule is CCCNC(CC1CCOC1)c1c(OC)cnn1C(C)C. The van der Waals surface area contributed by atoms with E-state index in [9.17, 15) is 0 Å². The molecule has 2 unspecified atom stereocenters. The number of hydrogen-bond acceptors (Lipinski definition) is 4. The number of nitrogens with one attached hydrogen (secondary N) is 1. The highest BCUT2D eigenvalue weighted by molar-refractivity contribution is 5.29. The van der Waals surface area contributed by atoms with Gasteiger partial charge in [-0.2, -0.15) is 5.10 Å². The van der Waals surface area contributed by atoms with Crippen molar-refractivity contribution in [1.82, 2.24) is 15.1 Å². The van der Waals surface area contributed by atoms with Crippen molar-refractivity contribution in [2.24, 2.45) is 5.92 Å². The molecule has 5 nitrogen and oxygen atoms in total. The Morgan fingerprint density at radius 3 is 2.90 bits per heavy atom. The van der Waals surface area contributed by atoms with E-state index in [1.807, 2.05) is 6.20 Å². The molecule has 5 heteroatoms. The Morgan fingerprint density at radius 2 is 2.33 bits per heavy atom. The van der Waals surface area contributed by atoms with Gasteiger partial charge in [0.1, 0.15) is 0 Å². The predicted octanol–water partition coefficient (Wildman–Crippen LogP) is 2.94. The van der Waals surface area contributed by atoms with E-state index in [1.54, 1.807) is 7.11 Å². The van der Waals surface area contributed by atoms with Gasteiger partial charge in [-0.25, -0.2) is 0 Å². The number of ether oxygens (including phenoxy) is 2. The Morgan fingerprint density at radius 1 is 1.52 bits per heavy atom. The van der Waals surface area contributed by atoms with E-state index in [0.717, 1.165) is 44.8 Å². The monoisotopic (exact) mass is 295 g/mol. The van der Waals surface area contributed by atoms with Gasteiger partial charge in [-0.05, 0) is 45.6 Å². The fourth-order valence-corrected chi connectivity index (χ4v) is 2.97. The van der Waals surface area contributed by atoms with Crippen LogP contribution in [0.4, 0.5) is 0 Å². The maximum absolute atomic E-state index is 5.55. The third kappa shape index (κ3) is 3.98. The zero-order valence-electron chi connectivity index (χ0n) is 13.8. The molecule has 0 spiro atoms. The van der Waals surface area contributed by atoms with Crippen LogP contribution >= 0.6 is 0 Å². The van der Waals surface area contributed by atoms with Crippen molar-refractivity contribution in [2.45, 2.75) is 52.1 Å². The van der Waals surface area contributed by atoms with Gasteiger partial charge in [0, 0.05) is 19.3 Å². The van der Waals surface area contributed by atoms with Crippen molar-refractivity contribution >= 4 is 0 Å². The van der Waals surface area contributed by atoms with Gasteiger partial charge in [-0.1, -0.05) is 6.92 Å². The highest BCUT2D eigenvalue weighted by atomic mass is 16.5.